The number of anilines is 2. The van der Waals surface area contributed by atoms with Gasteiger partial charge in [0.05, 0.1) is 11.6 Å². The molecule has 6 heteroatoms. The Hall–Kier alpha value is -3.72. The molecule has 3 aromatic rings. The van der Waals surface area contributed by atoms with Crippen LogP contribution in [0, 0.1) is 17.2 Å². The van der Waals surface area contributed by atoms with Gasteiger partial charge in [-0.1, -0.05) is 30.3 Å². The van der Waals surface area contributed by atoms with Crippen molar-refractivity contribution in [2.75, 3.05) is 23.3 Å². The van der Waals surface area contributed by atoms with E-state index in [0.717, 1.165) is 38.2 Å². The summed E-state index contributed by atoms with van der Waals surface area (Å²) in [6.45, 7) is 1.89. The molecule has 0 spiro atoms. The highest BCUT2D eigenvalue weighted by molar-refractivity contribution is 6.02. The summed E-state index contributed by atoms with van der Waals surface area (Å²) in [6.07, 6.45) is 3.36. The number of rotatable bonds is 5. The predicted octanol–water partition coefficient (Wildman–Crippen LogP) is 4.06. The second-order valence-corrected chi connectivity index (χ2v) is 7.54. The van der Waals surface area contributed by atoms with E-state index < -0.39 is 0 Å². The Morgan fingerprint density at radius 2 is 1.73 bits per heavy atom. The van der Waals surface area contributed by atoms with Gasteiger partial charge in [-0.05, 0) is 67.1 Å². The molecule has 0 bridgehead atoms. The summed E-state index contributed by atoms with van der Waals surface area (Å²) in [6, 6.07) is 23.0. The van der Waals surface area contributed by atoms with Crippen LogP contribution in [0.5, 0.6) is 0 Å². The van der Waals surface area contributed by atoms with Crippen molar-refractivity contribution in [2.45, 2.75) is 19.3 Å². The van der Waals surface area contributed by atoms with Crippen LogP contribution in [0.15, 0.2) is 66.7 Å². The highest BCUT2D eigenvalue weighted by atomic mass is 16.1. The molecule has 150 valence electrons. The van der Waals surface area contributed by atoms with E-state index in [1.165, 1.54) is 5.56 Å². The molecule has 1 aliphatic rings. The van der Waals surface area contributed by atoms with Crippen molar-refractivity contribution in [3.63, 3.8) is 0 Å². The van der Waals surface area contributed by atoms with Gasteiger partial charge in [0.1, 0.15) is 0 Å². The summed E-state index contributed by atoms with van der Waals surface area (Å²) < 4.78 is 0. The van der Waals surface area contributed by atoms with Gasteiger partial charge in [-0.15, -0.1) is 10.2 Å². The minimum absolute atomic E-state index is 0.266. The topological polar surface area (TPSA) is 81.9 Å². The molecule has 0 unspecified atom stereocenters. The van der Waals surface area contributed by atoms with Crippen LogP contribution in [-0.4, -0.2) is 29.2 Å². The van der Waals surface area contributed by atoms with Gasteiger partial charge in [0.25, 0.3) is 5.91 Å². The second-order valence-electron chi connectivity index (χ2n) is 7.54. The maximum absolute atomic E-state index is 12.4. The fourth-order valence-electron chi connectivity index (χ4n) is 3.75. The highest BCUT2D eigenvalue weighted by Gasteiger charge is 2.21. The number of benzene rings is 2. The number of piperidine rings is 1. The fraction of sp³-hybridized carbons (Fsp3) is 0.250. The highest BCUT2D eigenvalue weighted by Crippen LogP contribution is 2.24. The number of hydrogen-bond acceptors (Lipinski definition) is 5. The molecule has 4 rings (SSSR count). The number of nitrogens with zero attached hydrogens (tertiary/aromatic N) is 4. The van der Waals surface area contributed by atoms with Crippen LogP contribution in [0.3, 0.4) is 0 Å². The van der Waals surface area contributed by atoms with Gasteiger partial charge in [0.15, 0.2) is 11.5 Å². The maximum atomic E-state index is 12.4. The van der Waals surface area contributed by atoms with Gasteiger partial charge in [-0.2, -0.15) is 5.26 Å². The maximum Gasteiger partial charge on any atom is 0.276 e. The van der Waals surface area contributed by atoms with Crippen LogP contribution >= 0.6 is 0 Å². The Labute approximate surface area is 176 Å². The molecule has 1 N–H and O–H groups in total. The Bertz CT molecular complexity index is 1020. The fourth-order valence-corrected chi connectivity index (χ4v) is 3.75. The number of carbonyl (C=O) groups is 1. The lowest BCUT2D eigenvalue weighted by Gasteiger charge is -2.32. The summed E-state index contributed by atoms with van der Waals surface area (Å²) in [4.78, 5) is 14.6. The Morgan fingerprint density at radius 3 is 2.37 bits per heavy atom. The third-order valence-electron chi connectivity index (χ3n) is 5.46. The zero-order valence-electron chi connectivity index (χ0n) is 16.7. The normalized spacial score (nSPS) is 14.2. The van der Waals surface area contributed by atoms with E-state index in [0.29, 0.717) is 17.2 Å². The first-order chi connectivity index (χ1) is 14.7. The van der Waals surface area contributed by atoms with Gasteiger partial charge < -0.3 is 10.2 Å². The zero-order valence-corrected chi connectivity index (χ0v) is 16.7. The average molecular weight is 397 g/mol. The van der Waals surface area contributed by atoms with Gasteiger partial charge in [0.2, 0.25) is 0 Å². The number of carbonyl (C=O) groups excluding carboxylic acids is 1. The third-order valence-corrected chi connectivity index (χ3v) is 5.46. The molecule has 0 saturated carbocycles. The molecule has 30 heavy (non-hydrogen) atoms. The van der Waals surface area contributed by atoms with E-state index in [4.69, 9.17) is 5.26 Å². The van der Waals surface area contributed by atoms with Crippen molar-refractivity contribution in [1.82, 2.24) is 10.2 Å². The standard InChI is InChI=1S/C24H23N5O/c25-17-20-6-8-21(9-7-20)26-24(30)22-10-11-23(28-27-22)29-14-12-19(13-15-29)16-18-4-2-1-3-5-18/h1-11,19H,12-16H2,(H,26,30). The van der Waals surface area contributed by atoms with Crippen molar-refractivity contribution in [1.29, 1.82) is 5.26 Å². The molecule has 2 aromatic carbocycles. The van der Waals surface area contributed by atoms with Crippen LogP contribution in [0.2, 0.25) is 0 Å². The van der Waals surface area contributed by atoms with Crippen LogP contribution in [-0.2, 0) is 6.42 Å². The number of amides is 1. The second kappa shape index (κ2) is 9.19. The summed E-state index contributed by atoms with van der Waals surface area (Å²) in [5.74, 6) is 1.18. The molecule has 0 aliphatic carbocycles. The van der Waals surface area contributed by atoms with Crippen molar-refractivity contribution in [2.24, 2.45) is 5.92 Å². The van der Waals surface area contributed by atoms with Gasteiger partial charge in [-0.25, -0.2) is 0 Å². The zero-order chi connectivity index (χ0) is 20.8. The molecule has 1 fully saturated rings. The van der Waals surface area contributed by atoms with Crippen molar-refractivity contribution in [3.05, 3.63) is 83.6 Å². The first-order valence-corrected chi connectivity index (χ1v) is 10.2. The third kappa shape index (κ3) is 4.81. The molecule has 1 aliphatic heterocycles. The molecule has 6 nitrogen and oxygen atoms in total. The number of aromatic nitrogens is 2. The quantitative estimate of drug-likeness (QED) is 0.702. The lowest BCUT2D eigenvalue weighted by molar-refractivity contribution is 0.102. The van der Waals surface area contributed by atoms with E-state index in [2.05, 4.69) is 56.8 Å². The molecular formula is C24H23N5O. The molecule has 2 heterocycles. The summed E-state index contributed by atoms with van der Waals surface area (Å²) >= 11 is 0. The molecule has 1 aromatic heterocycles. The lowest BCUT2D eigenvalue weighted by Crippen LogP contribution is -2.35. The minimum atomic E-state index is -0.319. The van der Waals surface area contributed by atoms with Crippen LogP contribution in [0.4, 0.5) is 11.5 Å². The van der Waals surface area contributed by atoms with Crippen LogP contribution in [0.25, 0.3) is 0 Å². The average Bonchev–Trinajstić information content (AvgIpc) is 2.81. The van der Waals surface area contributed by atoms with Gasteiger partial charge in [0, 0.05) is 18.8 Å². The van der Waals surface area contributed by atoms with Crippen molar-refractivity contribution >= 4 is 17.4 Å². The number of nitriles is 1. The summed E-state index contributed by atoms with van der Waals surface area (Å²) in [5, 5.41) is 20.0. The smallest absolute Gasteiger partial charge is 0.276 e. The van der Waals surface area contributed by atoms with Crippen molar-refractivity contribution in [3.8, 4) is 6.07 Å². The SMILES string of the molecule is N#Cc1ccc(NC(=O)c2ccc(N3CCC(Cc4ccccc4)CC3)nn2)cc1. The summed E-state index contributed by atoms with van der Waals surface area (Å²) in [7, 11) is 0. The Kier molecular flexibility index (Phi) is 6.00. The van der Waals surface area contributed by atoms with Gasteiger partial charge >= 0.3 is 0 Å². The first kappa shape index (κ1) is 19.6. The van der Waals surface area contributed by atoms with E-state index in [-0.39, 0.29) is 11.6 Å². The Balaban J connectivity index is 1.31. The van der Waals surface area contributed by atoms with E-state index in [1.54, 1.807) is 30.3 Å². The first-order valence-electron chi connectivity index (χ1n) is 10.2. The van der Waals surface area contributed by atoms with E-state index in [9.17, 15) is 4.79 Å². The van der Waals surface area contributed by atoms with Gasteiger partial charge in [-0.3, -0.25) is 4.79 Å². The molecule has 1 amide bonds. The molecule has 0 atom stereocenters. The number of hydrogen-bond donors (Lipinski definition) is 1. The predicted molar refractivity (Wildman–Crippen MR) is 116 cm³/mol. The van der Waals surface area contributed by atoms with Crippen molar-refractivity contribution < 1.29 is 4.79 Å². The molecular weight excluding hydrogens is 374 g/mol. The lowest BCUT2D eigenvalue weighted by atomic mass is 9.90. The monoisotopic (exact) mass is 397 g/mol. The summed E-state index contributed by atoms with van der Waals surface area (Å²) in [5.41, 5.74) is 2.82. The largest absolute Gasteiger partial charge is 0.355 e. The molecule has 1 saturated heterocycles. The Morgan fingerprint density at radius 1 is 1.00 bits per heavy atom. The minimum Gasteiger partial charge on any atom is -0.355 e. The van der Waals surface area contributed by atoms with E-state index in [1.807, 2.05) is 6.07 Å². The number of nitrogens with one attached hydrogen (secondary N) is 1. The van der Waals surface area contributed by atoms with Crippen LogP contribution in [0.1, 0.15) is 34.5 Å². The molecule has 0 radical (unpaired) electrons. The van der Waals surface area contributed by atoms with Crippen LogP contribution < -0.4 is 10.2 Å². The van der Waals surface area contributed by atoms with E-state index >= 15 is 0 Å².